The van der Waals surface area contributed by atoms with Crippen LogP contribution in [0, 0.1) is 0 Å². The van der Waals surface area contributed by atoms with Crippen molar-refractivity contribution in [2.45, 2.75) is 83.5 Å². The summed E-state index contributed by atoms with van der Waals surface area (Å²) < 4.78 is 0. The third kappa shape index (κ3) is 4.49. The number of hydrogen-bond donors (Lipinski definition) is 1. The molecule has 0 heterocycles. The average Bonchev–Trinajstić information content (AvgIpc) is 3.10. The fraction of sp³-hybridized carbons (Fsp3) is 0.419. The van der Waals surface area contributed by atoms with Gasteiger partial charge in [-0.25, -0.2) is 0 Å². The Morgan fingerprint density at radius 1 is 0.594 bits per heavy atom. The second kappa shape index (κ2) is 10.4. The Morgan fingerprint density at radius 3 is 1.84 bits per heavy atom. The summed E-state index contributed by atoms with van der Waals surface area (Å²) in [6, 6.07) is 23.9. The van der Waals surface area contributed by atoms with Crippen molar-refractivity contribution in [1.29, 1.82) is 0 Å². The zero-order chi connectivity index (χ0) is 22.4. The van der Waals surface area contributed by atoms with E-state index in [1.807, 2.05) is 12.1 Å². The minimum absolute atomic E-state index is 0.125. The Hall–Kier alpha value is -2.54. The van der Waals surface area contributed by atoms with Crippen LogP contribution in [0.4, 0.5) is 0 Å². The van der Waals surface area contributed by atoms with Crippen LogP contribution in [-0.2, 0) is 5.41 Å². The van der Waals surface area contributed by atoms with Crippen molar-refractivity contribution < 1.29 is 5.11 Å². The molecule has 0 unspecified atom stereocenters. The molecule has 3 aromatic rings. The molecule has 168 valence electrons. The molecule has 0 aromatic heterocycles. The Morgan fingerprint density at radius 2 is 1.19 bits per heavy atom. The van der Waals surface area contributed by atoms with Crippen molar-refractivity contribution in [2.24, 2.45) is 0 Å². The summed E-state index contributed by atoms with van der Waals surface area (Å²) in [5, 5.41) is 9.74. The normalized spacial score (nSPS) is 13.7. The molecule has 0 fully saturated rings. The van der Waals surface area contributed by atoms with Gasteiger partial charge in [-0.05, 0) is 64.4 Å². The van der Waals surface area contributed by atoms with Crippen molar-refractivity contribution in [2.75, 3.05) is 0 Å². The lowest BCUT2D eigenvalue weighted by Gasteiger charge is -2.33. The van der Waals surface area contributed by atoms with E-state index in [1.165, 1.54) is 92.0 Å². The molecule has 3 aromatic carbocycles. The molecular weight excluding hydrogens is 388 g/mol. The summed E-state index contributed by atoms with van der Waals surface area (Å²) in [6.07, 6.45) is 12.9. The zero-order valence-electron chi connectivity index (χ0n) is 19.9. The highest BCUT2D eigenvalue weighted by molar-refractivity contribution is 5.84. The first kappa shape index (κ1) is 22.6. The maximum atomic E-state index is 9.74. The topological polar surface area (TPSA) is 20.2 Å². The van der Waals surface area contributed by atoms with Crippen molar-refractivity contribution in [3.63, 3.8) is 0 Å². The van der Waals surface area contributed by atoms with Gasteiger partial charge in [0.2, 0.25) is 0 Å². The predicted octanol–water partition coefficient (Wildman–Crippen LogP) is 9.27. The van der Waals surface area contributed by atoms with Gasteiger partial charge in [0.1, 0.15) is 5.75 Å². The van der Waals surface area contributed by atoms with Gasteiger partial charge >= 0.3 is 0 Å². The fourth-order valence-electron chi connectivity index (χ4n) is 5.66. The molecule has 0 bridgehead atoms. The maximum absolute atomic E-state index is 9.74. The third-order valence-corrected chi connectivity index (χ3v) is 7.38. The van der Waals surface area contributed by atoms with Gasteiger partial charge in [-0.1, -0.05) is 114 Å². The number of fused-ring (bicyclic) bond motifs is 3. The number of hydrogen-bond acceptors (Lipinski definition) is 1. The van der Waals surface area contributed by atoms with Gasteiger partial charge in [0.05, 0.1) is 0 Å². The predicted molar refractivity (Wildman–Crippen MR) is 137 cm³/mol. The van der Waals surface area contributed by atoms with Gasteiger partial charge in [0, 0.05) is 5.41 Å². The van der Waals surface area contributed by atoms with E-state index < -0.39 is 0 Å². The second-order valence-corrected chi connectivity index (χ2v) is 9.56. The molecule has 4 rings (SSSR count). The number of phenols is 1. The minimum atomic E-state index is 0.125. The largest absolute Gasteiger partial charge is 0.508 e. The van der Waals surface area contributed by atoms with Gasteiger partial charge in [-0.2, -0.15) is 0 Å². The van der Waals surface area contributed by atoms with Crippen molar-refractivity contribution in [1.82, 2.24) is 0 Å². The molecular formula is C31H38O. The molecule has 0 saturated heterocycles. The molecule has 0 saturated carbocycles. The first-order chi connectivity index (χ1) is 15.7. The Bertz CT molecular complexity index is 1000. The van der Waals surface area contributed by atoms with Crippen LogP contribution in [0.2, 0.25) is 0 Å². The lowest BCUT2D eigenvalue weighted by Crippen LogP contribution is -2.25. The molecule has 1 aliphatic rings. The summed E-state index contributed by atoms with van der Waals surface area (Å²) in [6.45, 7) is 4.59. The van der Waals surface area contributed by atoms with Crippen LogP contribution in [-0.4, -0.2) is 5.11 Å². The van der Waals surface area contributed by atoms with E-state index in [0.29, 0.717) is 5.75 Å². The monoisotopic (exact) mass is 426 g/mol. The molecule has 1 nitrogen and oxygen atoms in total. The minimum Gasteiger partial charge on any atom is -0.508 e. The third-order valence-electron chi connectivity index (χ3n) is 7.38. The van der Waals surface area contributed by atoms with Gasteiger partial charge in [-0.3, -0.25) is 0 Å². The molecule has 0 atom stereocenters. The van der Waals surface area contributed by atoms with Crippen LogP contribution in [0.25, 0.3) is 22.3 Å². The van der Waals surface area contributed by atoms with Crippen LogP contribution in [0.15, 0.2) is 66.7 Å². The van der Waals surface area contributed by atoms with Crippen LogP contribution in [0.3, 0.4) is 0 Å². The highest BCUT2D eigenvalue weighted by Gasteiger charge is 2.42. The van der Waals surface area contributed by atoms with Crippen LogP contribution < -0.4 is 0 Å². The average molecular weight is 427 g/mol. The quantitative estimate of drug-likeness (QED) is 0.303. The summed E-state index contributed by atoms with van der Waals surface area (Å²) >= 11 is 0. The Labute approximate surface area is 194 Å². The van der Waals surface area contributed by atoms with E-state index in [0.717, 1.165) is 0 Å². The molecule has 1 aliphatic carbocycles. The van der Waals surface area contributed by atoms with Crippen LogP contribution >= 0.6 is 0 Å². The molecule has 0 spiro atoms. The van der Waals surface area contributed by atoms with E-state index in [4.69, 9.17) is 0 Å². The van der Waals surface area contributed by atoms with E-state index >= 15 is 0 Å². The van der Waals surface area contributed by atoms with E-state index in [2.05, 4.69) is 56.3 Å². The van der Waals surface area contributed by atoms with Gasteiger partial charge in [0.15, 0.2) is 0 Å². The number of benzene rings is 3. The SMILES string of the molecule is CCCCCCC1(CCCCCC)c2ccccc2-c2ccc(-c3ccc(O)cc3)cc21. The molecule has 0 radical (unpaired) electrons. The van der Waals surface area contributed by atoms with E-state index in [1.54, 1.807) is 17.7 Å². The first-order valence-corrected chi connectivity index (χ1v) is 12.7. The summed E-state index contributed by atoms with van der Waals surface area (Å²) in [5.41, 5.74) is 8.49. The Kier molecular flexibility index (Phi) is 7.35. The molecule has 0 amide bonds. The standard InChI is InChI=1S/C31H38O/c1-3-5-7-11-21-31(22-12-8-6-4-2)29-14-10-9-13-27(29)28-20-17-25(23-30(28)31)24-15-18-26(32)19-16-24/h9-10,13-20,23,32H,3-8,11-12,21-22H2,1-2H3. The van der Waals surface area contributed by atoms with E-state index in [9.17, 15) is 5.11 Å². The van der Waals surface area contributed by atoms with Gasteiger partial charge < -0.3 is 5.11 Å². The summed E-state index contributed by atoms with van der Waals surface area (Å²) in [7, 11) is 0. The van der Waals surface area contributed by atoms with Crippen molar-refractivity contribution >= 4 is 0 Å². The zero-order valence-corrected chi connectivity index (χ0v) is 19.9. The summed E-state index contributed by atoms with van der Waals surface area (Å²) in [4.78, 5) is 0. The first-order valence-electron chi connectivity index (χ1n) is 12.7. The number of unbranched alkanes of at least 4 members (excludes halogenated alkanes) is 6. The van der Waals surface area contributed by atoms with Gasteiger partial charge in [-0.15, -0.1) is 0 Å². The van der Waals surface area contributed by atoms with Crippen LogP contribution in [0.5, 0.6) is 5.75 Å². The van der Waals surface area contributed by atoms with E-state index in [-0.39, 0.29) is 5.41 Å². The van der Waals surface area contributed by atoms with Crippen molar-refractivity contribution in [3.05, 3.63) is 77.9 Å². The molecule has 0 aliphatic heterocycles. The molecule has 1 N–H and O–H groups in total. The molecule has 32 heavy (non-hydrogen) atoms. The second-order valence-electron chi connectivity index (χ2n) is 9.56. The smallest absolute Gasteiger partial charge is 0.115 e. The maximum Gasteiger partial charge on any atom is 0.115 e. The highest BCUT2D eigenvalue weighted by Crippen LogP contribution is 2.54. The Balaban J connectivity index is 1.78. The lowest BCUT2D eigenvalue weighted by molar-refractivity contribution is 0.401. The summed E-state index contributed by atoms with van der Waals surface area (Å²) in [5.74, 6) is 0.323. The van der Waals surface area contributed by atoms with Gasteiger partial charge in [0.25, 0.3) is 0 Å². The number of rotatable bonds is 11. The lowest BCUT2D eigenvalue weighted by atomic mass is 9.70. The number of phenolic OH excluding ortho intramolecular Hbond substituents is 1. The number of aromatic hydroxyl groups is 1. The van der Waals surface area contributed by atoms with Crippen LogP contribution in [0.1, 0.15) is 89.2 Å². The molecule has 1 heteroatoms. The highest BCUT2D eigenvalue weighted by atomic mass is 16.3. The van der Waals surface area contributed by atoms with Crippen molar-refractivity contribution in [3.8, 4) is 28.0 Å². The fourth-order valence-corrected chi connectivity index (χ4v) is 5.66.